The number of nitrogens with one attached hydrogen (secondary N) is 1. The minimum Gasteiger partial charge on any atom is -0.506 e. The van der Waals surface area contributed by atoms with Gasteiger partial charge in [0.15, 0.2) is 0 Å². The average Bonchev–Trinajstić information content (AvgIpc) is 2.42. The van der Waals surface area contributed by atoms with Crippen LogP contribution >= 0.6 is 0 Å². The number of amides is 1. The van der Waals surface area contributed by atoms with E-state index in [1.807, 2.05) is 37.3 Å². The molecule has 19 heavy (non-hydrogen) atoms. The maximum atomic E-state index is 11.8. The van der Waals surface area contributed by atoms with Crippen molar-refractivity contribution < 1.29 is 9.90 Å². The Bertz CT molecular complexity index is 564. The summed E-state index contributed by atoms with van der Waals surface area (Å²) in [7, 11) is 0. The number of aryl methyl sites for hydroxylation is 2. The molecule has 3 nitrogen and oxygen atoms in total. The molecule has 2 N–H and O–H groups in total. The highest BCUT2D eigenvalue weighted by Gasteiger charge is 2.06. The number of carbonyl (C=O) groups excluding carboxylic acids is 1. The van der Waals surface area contributed by atoms with Crippen LogP contribution in [0.25, 0.3) is 0 Å². The number of aromatic hydroxyl groups is 1. The molecule has 0 aromatic heterocycles. The first-order chi connectivity index (χ1) is 9.15. The zero-order chi connectivity index (χ0) is 13.7. The van der Waals surface area contributed by atoms with E-state index in [-0.39, 0.29) is 11.7 Å². The van der Waals surface area contributed by atoms with Gasteiger partial charge in [0.25, 0.3) is 0 Å². The predicted molar refractivity (Wildman–Crippen MR) is 76.2 cm³/mol. The third-order valence-corrected chi connectivity index (χ3v) is 2.91. The fourth-order valence-corrected chi connectivity index (χ4v) is 1.87. The van der Waals surface area contributed by atoms with Crippen molar-refractivity contribution in [3.63, 3.8) is 0 Å². The minimum absolute atomic E-state index is 0.0928. The summed E-state index contributed by atoms with van der Waals surface area (Å²) in [6.07, 6.45) is 1.09. The Hall–Kier alpha value is -2.29. The molecule has 0 aliphatic heterocycles. The standard InChI is InChI=1S/C16H17NO2/c1-12-7-9-15(18)14(11-12)17-16(19)10-8-13-5-3-2-4-6-13/h2-7,9,11,18H,8,10H2,1H3,(H,17,19). The summed E-state index contributed by atoms with van der Waals surface area (Å²) in [6, 6.07) is 15.0. The largest absolute Gasteiger partial charge is 0.506 e. The van der Waals surface area contributed by atoms with E-state index >= 15 is 0 Å². The molecule has 0 spiro atoms. The van der Waals surface area contributed by atoms with Crippen LogP contribution in [0, 0.1) is 6.92 Å². The van der Waals surface area contributed by atoms with E-state index in [9.17, 15) is 9.90 Å². The molecule has 2 rings (SSSR count). The number of phenols is 1. The normalized spacial score (nSPS) is 10.2. The number of hydrogen-bond donors (Lipinski definition) is 2. The molecule has 0 radical (unpaired) electrons. The first kappa shape index (κ1) is 13.1. The van der Waals surface area contributed by atoms with Crippen molar-refractivity contribution in [1.82, 2.24) is 0 Å². The summed E-state index contributed by atoms with van der Waals surface area (Å²) in [5, 5.41) is 12.4. The van der Waals surface area contributed by atoms with E-state index in [4.69, 9.17) is 0 Å². The number of anilines is 1. The quantitative estimate of drug-likeness (QED) is 0.824. The molecule has 2 aromatic carbocycles. The van der Waals surface area contributed by atoms with E-state index in [0.29, 0.717) is 18.5 Å². The molecule has 0 fully saturated rings. The van der Waals surface area contributed by atoms with E-state index in [0.717, 1.165) is 11.1 Å². The molecule has 0 aliphatic rings. The van der Waals surface area contributed by atoms with E-state index in [2.05, 4.69) is 5.32 Å². The van der Waals surface area contributed by atoms with Crippen LogP contribution in [0.15, 0.2) is 48.5 Å². The Labute approximate surface area is 112 Å². The predicted octanol–water partition coefficient (Wildman–Crippen LogP) is 3.27. The van der Waals surface area contributed by atoms with Gasteiger partial charge >= 0.3 is 0 Å². The van der Waals surface area contributed by atoms with Crippen molar-refractivity contribution in [2.75, 3.05) is 5.32 Å². The molecule has 3 heteroatoms. The number of phenolic OH excluding ortho intramolecular Hbond substituents is 1. The van der Waals surface area contributed by atoms with Crippen LogP contribution in [0.4, 0.5) is 5.69 Å². The first-order valence-electron chi connectivity index (χ1n) is 6.28. The summed E-state index contributed by atoms with van der Waals surface area (Å²) in [5.74, 6) is 0.00316. The Kier molecular flexibility index (Phi) is 4.18. The lowest BCUT2D eigenvalue weighted by atomic mass is 10.1. The Morgan fingerprint density at radius 1 is 1.16 bits per heavy atom. The van der Waals surface area contributed by atoms with Gasteiger partial charge in [0, 0.05) is 6.42 Å². The number of hydrogen-bond acceptors (Lipinski definition) is 2. The van der Waals surface area contributed by atoms with Crippen LogP contribution in [-0.4, -0.2) is 11.0 Å². The number of carbonyl (C=O) groups is 1. The summed E-state index contributed by atoms with van der Waals surface area (Å²) < 4.78 is 0. The molecule has 0 aliphatic carbocycles. The zero-order valence-electron chi connectivity index (χ0n) is 10.9. The SMILES string of the molecule is Cc1ccc(O)c(NC(=O)CCc2ccccc2)c1. The fraction of sp³-hybridized carbons (Fsp3) is 0.188. The molecule has 0 atom stereocenters. The van der Waals surface area contributed by atoms with Gasteiger partial charge in [-0.2, -0.15) is 0 Å². The smallest absolute Gasteiger partial charge is 0.224 e. The van der Waals surface area contributed by atoms with Crippen molar-refractivity contribution >= 4 is 11.6 Å². The van der Waals surface area contributed by atoms with E-state index < -0.39 is 0 Å². The third kappa shape index (κ3) is 3.85. The summed E-state index contributed by atoms with van der Waals surface area (Å²) in [6.45, 7) is 1.92. The molecule has 0 bridgehead atoms. The minimum atomic E-state index is -0.0928. The lowest BCUT2D eigenvalue weighted by Crippen LogP contribution is -2.12. The molecule has 1 amide bonds. The molecule has 0 heterocycles. The molecule has 98 valence electrons. The lowest BCUT2D eigenvalue weighted by Gasteiger charge is -2.08. The zero-order valence-corrected chi connectivity index (χ0v) is 10.9. The van der Waals surface area contributed by atoms with Gasteiger partial charge < -0.3 is 10.4 Å². The van der Waals surface area contributed by atoms with Crippen molar-refractivity contribution in [2.24, 2.45) is 0 Å². The van der Waals surface area contributed by atoms with Crippen molar-refractivity contribution in [3.8, 4) is 5.75 Å². The summed E-state index contributed by atoms with van der Waals surface area (Å²) >= 11 is 0. The fourth-order valence-electron chi connectivity index (χ4n) is 1.87. The van der Waals surface area contributed by atoms with Crippen LogP contribution in [-0.2, 0) is 11.2 Å². The lowest BCUT2D eigenvalue weighted by molar-refractivity contribution is -0.116. The van der Waals surface area contributed by atoms with Gasteiger partial charge in [0.1, 0.15) is 5.75 Å². The highest BCUT2D eigenvalue weighted by molar-refractivity contribution is 5.92. The topological polar surface area (TPSA) is 49.3 Å². The van der Waals surface area contributed by atoms with Crippen LogP contribution in [0.5, 0.6) is 5.75 Å². The highest BCUT2D eigenvalue weighted by Crippen LogP contribution is 2.24. The van der Waals surface area contributed by atoms with Gasteiger partial charge in [-0.25, -0.2) is 0 Å². The Morgan fingerprint density at radius 2 is 1.89 bits per heavy atom. The molecular formula is C16H17NO2. The van der Waals surface area contributed by atoms with Crippen molar-refractivity contribution in [2.45, 2.75) is 19.8 Å². The van der Waals surface area contributed by atoms with Crippen LogP contribution in [0.1, 0.15) is 17.5 Å². The van der Waals surface area contributed by atoms with E-state index in [1.165, 1.54) is 0 Å². The molecule has 0 unspecified atom stereocenters. The highest BCUT2D eigenvalue weighted by atomic mass is 16.3. The number of rotatable bonds is 4. The van der Waals surface area contributed by atoms with Crippen LogP contribution in [0.3, 0.4) is 0 Å². The van der Waals surface area contributed by atoms with Crippen LogP contribution < -0.4 is 5.32 Å². The summed E-state index contributed by atoms with van der Waals surface area (Å²) in [4.78, 5) is 11.8. The van der Waals surface area contributed by atoms with E-state index in [1.54, 1.807) is 18.2 Å². The average molecular weight is 255 g/mol. The second-order valence-electron chi connectivity index (χ2n) is 4.55. The molecule has 0 saturated carbocycles. The Morgan fingerprint density at radius 3 is 2.63 bits per heavy atom. The third-order valence-electron chi connectivity index (χ3n) is 2.91. The molecule has 0 saturated heterocycles. The van der Waals surface area contributed by atoms with Gasteiger partial charge in [-0.3, -0.25) is 4.79 Å². The molecular weight excluding hydrogens is 238 g/mol. The van der Waals surface area contributed by atoms with Gasteiger partial charge in [0.2, 0.25) is 5.91 Å². The summed E-state index contributed by atoms with van der Waals surface area (Å²) in [5.41, 5.74) is 2.60. The van der Waals surface area contributed by atoms with Gasteiger partial charge in [0.05, 0.1) is 5.69 Å². The van der Waals surface area contributed by atoms with Gasteiger partial charge in [-0.05, 0) is 36.6 Å². The van der Waals surface area contributed by atoms with Crippen molar-refractivity contribution in [3.05, 3.63) is 59.7 Å². The monoisotopic (exact) mass is 255 g/mol. The van der Waals surface area contributed by atoms with Crippen molar-refractivity contribution in [1.29, 1.82) is 0 Å². The number of benzene rings is 2. The maximum Gasteiger partial charge on any atom is 0.224 e. The Balaban J connectivity index is 1.93. The second kappa shape index (κ2) is 6.05. The second-order valence-corrected chi connectivity index (χ2v) is 4.55. The van der Waals surface area contributed by atoms with Gasteiger partial charge in [-0.1, -0.05) is 36.4 Å². The van der Waals surface area contributed by atoms with Gasteiger partial charge in [-0.15, -0.1) is 0 Å². The van der Waals surface area contributed by atoms with Crippen LogP contribution in [0.2, 0.25) is 0 Å². The first-order valence-corrected chi connectivity index (χ1v) is 6.28. The maximum absolute atomic E-state index is 11.8. The molecule has 2 aromatic rings.